The van der Waals surface area contributed by atoms with Crippen LogP contribution in [0.25, 0.3) is 0 Å². The molecular formula is C36H43N7O6S2. The Balaban J connectivity index is 0.839. The van der Waals surface area contributed by atoms with Crippen molar-refractivity contribution in [1.29, 1.82) is 0 Å². The Kier molecular flexibility index (Phi) is 10.2. The number of hydrogen-bond acceptors (Lipinski definition) is 12. The lowest BCUT2D eigenvalue weighted by Gasteiger charge is -2.41. The second-order valence-electron chi connectivity index (χ2n) is 14.8. The Morgan fingerprint density at radius 3 is 2.43 bits per heavy atom. The number of thiazole rings is 1. The van der Waals surface area contributed by atoms with E-state index in [0.717, 1.165) is 72.3 Å². The number of aromatic nitrogens is 2. The van der Waals surface area contributed by atoms with Crippen molar-refractivity contribution in [3.05, 3.63) is 58.9 Å². The highest BCUT2D eigenvalue weighted by Gasteiger charge is 2.44. The first-order valence-corrected chi connectivity index (χ1v) is 19.4. The largest absolute Gasteiger partial charge is 0.444 e. The minimum atomic E-state index is -0.966. The number of oxazole rings is 1. The Hall–Kier alpha value is -3.92. The molecule has 0 aliphatic carbocycles. The van der Waals surface area contributed by atoms with Crippen molar-refractivity contribution < 1.29 is 28.4 Å². The lowest BCUT2D eigenvalue weighted by Crippen LogP contribution is -2.54. The number of likely N-dealkylation sites (tertiary alicyclic amines) is 2. The molecular weight excluding hydrogens is 691 g/mol. The number of amides is 5. The number of anilines is 1. The van der Waals surface area contributed by atoms with Gasteiger partial charge in [-0.25, -0.2) is 9.97 Å². The van der Waals surface area contributed by atoms with Crippen LogP contribution in [0.1, 0.15) is 97.2 Å². The van der Waals surface area contributed by atoms with E-state index in [-0.39, 0.29) is 30.1 Å². The predicted octanol–water partition coefficient (Wildman–Crippen LogP) is 4.44. The van der Waals surface area contributed by atoms with E-state index in [2.05, 4.69) is 51.2 Å². The molecule has 1 unspecified atom stereocenters. The van der Waals surface area contributed by atoms with Crippen molar-refractivity contribution in [1.82, 2.24) is 30.0 Å². The summed E-state index contributed by atoms with van der Waals surface area (Å²) in [6.07, 6.45) is 7.49. The molecule has 1 aromatic carbocycles. The molecule has 4 aliphatic rings. The molecule has 270 valence electrons. The number of benzene rings is 1. The highest BCUT2D eigenvalue weighted by atomic mass is 32.2. The van der Waals surface area contributed by atoms with Crippen molar-refractivity contribution >= 4 is 57.8 Å². The molecule has 15 heteroatoms. The Morgan fingerprint density at radius 2 is 1.73 bits per heavy atom. The molecule has 3 aromatic rings. The van der Waals surface area contributed by atoms with E-state index in [9.17, 15) is 24.0 Å². The maximum Gasteiger partial charge on any atom is 0.262 e. The second kappa shape index (κ2) is 14.6. The van der Waals surface area contributed by atoms with E-state index in [1.807, 2.05) is 6.07 Å². The number of rotatable bonds is 9. The molecule has 13 nitrogen and oxygen atoms in total. The molecule has 3 saturated heterocycles. The van der Waals surface area contributed by atoms with E-state index >= 15 is 0 Å². The number of imide groups is 2. The second-order valence-corrected chi connectivity index (χ2v) is 17.1. The summed E-state index contributed by atoms with van der Waals surface area (Å²) in [7, 11) is 0. The lowest BCUT2D eigenvalue weighted by atomic mass is 9.92. The standard InChI is InChI=1S/C36H43N7O6S2/c1-36(2,3)27-17-37-29(49-27)20-50-30-18-38-35(51-30)40-31(45)22-8-14-42(15-9-22)23-10-12-41(13-11-23)19-21-4-5-24-25(16-21)34(48)43(33(24)47)26-6-7-28(44)39-32(26)46/h4-5,16-18,22-23,26H,6-15,19-20H2,1-3H3,(H,38,40,45)(H,39,44,46). The van der Waals surface area contributed by atoms with Gasteiger partial charge in [-0.15, -0.1) is 11.8 Å². The summed E-state index contributed by atoms with van der Waals surface area (Å²) in [5.41, 5.74) is 1.48. The van der Waals surface area contributed by atoms with Gasteiger partial charge in [0.1, 0.15) is 11.8 Å². The summed E-state index contributed by atoms with van der Waals surface area (Å²) in [5, 5.41) is 5.89. The fraction of sp³-hybridized carbons (Fsp3) is 0.528. The van der Waals surface area contributed by atoms with Crippen LogP contribution in [-0.2, 0) is 32.1 Å². The molecule has 7 rings (SSSR count). The minimum Gasteiger partial charge on any atom is -0.444 e. The van der Waals surface area contributed by atoms with Gasteiger partial charge in [0.05, 0.1) is 33.5 Å². The third-order valence-electron chi connectivity index (χ3n) is 10.2. The molecule has 1 atom stereocenters. The van der Waals surface area contributed by atoms with Gasteiger partial charge in [-0.05, 0) is 76.0 Å². The number of hydrogen-bond donors (Lipinski definition) is 2. The van der Waals surface area contributed by atoms with Gasteiger partial charge in [0, 0.05) is 30.3 Å². The van der Waals surface area contributed by atoms with Gasteiger partial charge in [0.25, 0.3) is 11.8 Å². The number of fused-ring (bicyclic) bond motifs is 1. The summed E-state index contributed by atoms with van der Waals surface area (Å²) in [5.74, 6) is 0.181. The van der Waals surface area contributed by atoms with Crippen LogP contribution in [0.4, 0.5) is 5.13 Å². The first-order valence-electron chi connectivity index (χ1n) is 17.6. The topological polar surface area (TPSA) is 158 Å². The molecule has 6 heterocycles. The molecule has 5 amide bonds. The zero-order valence-electron chi connectivity index (χ0n) is 29.1. The summed E-state index contributed by atoms with van der Waals surface area (Å²) >= 11 is 3.07. The molecule has 0 radical (unpaired) electrons. The summed E-state index contributed by atoms with van der Waals surface area (Å²) in [6, 6.07) is 4.83. The summed E-state index contributed by atoms with van der Waals surface area (Å²) in [6.45, 7) is 10.5. The number of nitrogens with zero attached hydrogens (tertiary/aromatic N) is 5. The van der Waals surface area contributed by atoms with Gasteiger partial charge in [-0.2, -0.15) is 0 Å². The first kappa shape index (κ1) is 35.5. The van der Waals surface area contributed by atoms with Crippen LogP contribution in [0.15, 0.2) is 39.2 Å². The minimum absolute atomic E-state index is 0.0349. The van der Waals surface area contributed by atoms with Gasteiger partial charge >= 0.3 is 0 Å². The number of carbonyl (C=O) groups is 5. The number of thioether (sulfide) groups is 1. The average molecular weight is 734 g/mol. The van der Waals surface area contributed by atoms with Crippen LogP contribution in [0.2, 0.25) is 0 Å². The lowest BCUT2D eigenvalue weighted by molar-refractivity contribution is -0.136. The average Bonchev–Trinajstić information content (AvgIpc) is 3.83. The van der Waals surface area contributed by atoms with Crippen LogP contribution in [-0.4, -0.2) is 92.5 Å². The summed E-state index contributed by atoms with van der Waals surface area (Å²) in [4.78, 5) is 78.1. The molecule has 0 spiro atoms. The molecule has 51 heavy (non-hydrogen) atoms. The van der Waals surface area contributed by atoms with Gasteiger partial charge in [0.2, 0.25) is 23.6 Å². The van der Waals surface area contributed by atoms with E-state index in [0.29, 0.717) is 40.5 Å². The van der Waals surface area contributed by atoms with Crippen molar-refractivity contribution in [3.8, 4) is 0 Å². The first-order chi connectivity index (χ1) is 24.4. The SMILES string of the molecule is CC(C)(C)c1cnc(CSc2cnc(NC(=O)C3CCN(C4CCN(Cc5ccc6c(c5)C(=O)N(C5CCC(=O)NC5=O)C6=O)CC4)CC3)s2)o1. The van der Waals surface area contributed by atoms with Crippen LogP contribution in [0.3, 0.4) is 0 Å². The highest BCUT2D eigenvalue weighted by molar-refractivity contribution is 8.00. The zero-order valence-corrected chi connectivity index (χ0v) is 30.7. The van der Waals surface area contributed by atoms with Crippen molar-refractivity contribution in [2.45, 2.75) is 93.3 Å². The van der Waals surface area contributed by atoms with E-state index in [1.165, 1.54) is 11.3 Å². The van der Waals surface area contributed by atoms with Crippen LogP contribution in [0, 0.1) is 5.92 Å². The van der Waals surface area contributed by atoms with Crippen molar-refractivity contribution in [3.63, 3.8) is 0 Å². The fourth-order valence-electron chi connectivity index (χ4n) is 7.29. The number of carbonyl (C=O) groups excluding carboxylic acids is 5. The van der Waals surface area contributed by atoms with Gasteiger partial charge < -0.3 is 14.6 Å². The van der Waals surface area contributed by atoms with Crippen molar-refractivity contribution in [2.24, 2.45) is 5.92 Å². The fourth-order valence-corrected chi connectivity index (χ4v) is 9.02. The van der Waals surface area contributed by atoms with Gasteiger partial charge in [-0.1, -0.05) is 38.2 Å². The van der Waals surface area contributed by atoms with Crippen molar-refractivity contribution in [2.75, 3.05) is 31.5 Å². The van der Waals surface area contributed by atoms with E-state index in [1.54, 1.807) is 36.3 Å². The molecule has 3 fully saturated rings. The normalized spacial score (nSPS) is 21.3. The number of piperidine rings is 3. The highest BCUT2D eigenvalue weighted by Crippen LogP contribution is 2.33. The smallest absolute Gasteiger partial charge is 0.262 e. The quantitative estimate of drug-likeness (QED) is 0.237. The maximum atomic E-state index is 13.2. The van der Waals surface area contributed by atoms with E-state index in [4.69, 9.17) is 4.42 Å². The Labute approximate surface area is 304 Å². The van der Waals surface area contributed by atoms with Gasteiger partial charge in [-0.3, -0.25) is 39.1 Å². The van der Waals surface area contributed by atoms with Gasteiger partial charge in [0.15, 0.2) is 5.13 Å². The molecule has 0 bridgehead atoms. The third kappa shape index (κ3) is 7.81. The molecule has 0 saturated carbocycles. The predicted molar refractivity (Wildman–Crippen MR) is 191 cm³/mol. The van der Waals surface area contributed by atoms with Crippen LogP contribution in [0.5, 0.6) is 0 Å². The Bertz CT molecular complexity index is 1830. The zero-order chi connectivity index (χ0) is 35.9. The molecule has 2 aromatic heterocycles. The Morgan fingerprint density at radius 1 is 0.980 bits per heavy atom. The van der Waals surface area contributed by atoms with Crippen LogP contribution < -0.4 is 10.6 Å². The summed E-state index contributed by atoms with van der Waals surface area (Å²) < 4.78 is 6.88. The monoisotopic (exact) mass is 733 g/mol. The van der Waals surface area contributed by atoms with E-state index < -0.39 is 29.7 Å². The number of nitrogens with one attached hydrogen (secondary N) is 2. The van der Waals surface area contributed by atoms with Crippen LogP contribution >= 0.6 is 23.1 Å². The molecule has 4 aliphatic heterocycles. The molecule has 2 N–H and O–H groups in total. The third-order valence-corrected chi connectivity index (χ3v) is 12.3. The maximum absolute atomic E-state index is 13.2.